The van der Waals surface area contributed by atoms with E-state index in [0.717, 1.165) is 49.7 Å². The van der Waals surface area contributed by atoms with Gasteiger partial charge < -0.3 is 4.57 Å². The Morgan fingerprint density at radius 3 is 1.51 bits per heavy atom. The molecule has 7 aromatic rings. The summed E-state index contributed by atoms with van der Waals surface area (Å²) in [6.45, 7) is 15.5. The van der Waals surface area contributed by atoms with Gasteiger partial charge in [0.05, 0.1) is 36.3 Å². The van der Waals surface area contributed by atoms with Crippen LogP contribution in [0.5, 0.6) is 0 Å². The van der Waals surface area contributed by atoms with E-state index in [2.05, 4.69) is 62.8 Å². The third-order valence-corrected chi connectivity index (χ3v) is 8.12. The molecule has 0 fully saturated rings. The van der Waals surface area contributed by atoms with E-state index in [1.807, 2.05) is 54.6 Å². The van der Waals surface area contributed by atoms with Crippen LogP contribution in [0.15, 0.2) is 127 Å². The average molecular weight is 572 g/mol. The van der Waals surface area contributed by atoms with Crippen LogP contribution < -0.4 is 0 Å². The summed E-state index contributed by atoms with van der Waals surface area (Å²) >= 11 is 0. The fourth-order valence-electron chi connectivity index (χ4n) is 6.13. The van der Waals surface area contributed by atoms with Gasteiger partial charge in [-0.05, 0) is 70.8 Å². The molecule has 0 aliphatic heterocycles. The van der Waals surface area contributed by atoms with Crippen molar-refractivity contribution in [1.82, 2.24) is 4.57 Å². The van der Waals surface area contributed by atoms with Crippen molar-refractivity contribution in [2.75, 3.05) is 0 Å². The van der Waals surface area contributed by atoms with Crippen LogP contribution in [0.2, 0.25) is 0 Å². The van der Waals surface area contributed by atoms with Crippen LogP contribution in [0, 0.1) is 35.8 Å². The molecule has 7 rings (SSSR count). The lowest BCUT2D eigenvalue weighted by Crippen LogP contribution is -1.94. The molecule has 0 spiro atoms. The van der Waals surface area contributed by atoms with Crippen LogP contribution in [-0.4, -0.2) is 4.57 Å². The number of nitrogens with zero attached hydrogens (tertiary/aromatic N) is 5. The summed E-state index contributed by atoms with van der Waals surface area (Å²) in [6.07, 6.45) is 0. The zero-order valence-electron chi connectivity index (χ0n) is 23.9. The molecule has 5 heteroatoms. The van der Waals surface area contributed by atoms with E-state index in [0.29, 0.717) is 33.6 Å². The van der Waals surface area contributed by atoms with Crippen LogP contribution in [0.25, 0.3) is 70.6 Å². The summed E-state index contributed by atoms with van der Waals surface area (Å²) in [6, 6.07) is 45.6. The highest BCUT2D eigenvalue weighted by molar-refractivity contribution is 6.12. The third kappa shape index (κ3) is 4.47. The number of hydrogen-bond donors (Lipinski definition) is 0. The van der Waals surface area contributed by atoms with E-state index in [4.69, 9.17) is 13.1 Å². The molecule has 0 saturated carbocycles. The molecule has 206 valence electrons. The minimum atomic E-state index is 0.415. The lowest BCUT2D eigenvalue weighted by molar-refractivity contribution is 1.18. The van der Waals surface area contributed by atoms with Crippen LogP contribution in [0.1, 0.15) is 11.1 Å². The van der Waals surface area contributed by atoms with Crippen molar-refractivity contribution in [2.45, 2.75) is 0 Å². The molecular weight excluding hydrogens is 550 g/mol. The highest BCUT2D eigenvalue weighted by Crippen LogP contribution is 2.42. The van der Waals surface area contributed by atoms with Gasteiger partial charge in [-0.2, -0.15) is 10.5 Å². The van der Waals surface area contributed by atoms with Gasteiger partial charge in [-0.25, -0.2) is 9.69 Å². The van der Waals surface area contributed by atoms with Gasteiger partial charge >= 0.3 is 0 Å². The van der Waals surface area contributed by atoms with E-state index in [-0.39, 0.29) is 0 Å². The Morgan fingerprint density at radius 2 is 1.00 bits per heavy atom. The smallest absolute Gasteiger partial charge is 0.196 e. The van der Waals surface area contributed by atoms with Crippen LogP contribution in [0.3, 0.4) is 0 Å². The van der Waals surface area contributed by atoms with Crippen molar-refractivity contribution in [1.29, 1.82) is 10.5 Å². The van der Waals surface area contributed by atoms with Crippen molar-refractivity contribution in [3.63, 3.8) is 0 Å². The standard InChI is InChI=1S/C40H21N5/c1-43-35-15-7-12-30(24-41)39(35)28-17-19-37-33(22-28)34-23-29(40-31(25-42)13-8-16-36(40)44-2)18-20-38(34)45(37)32-14-6-11-27(21-32)26-9-4-3-5-10-26/h3-23H. The quantitative estimate of drug-likeness (QED) is 0.197. The maximum absolute atomic E-state index is 9.91. The van der Waals surface area contributed by atoms with Gasteiger partial charge in [-0.15, -0.1) is 0 Å². The van der Waals surface area contributed by atoms with Crippen molar-refractivity contribution >= 4 is 33.2 Å². The minimum absolute atomic E-state index is 0.415. The number of aromatic nitrogens is 1. The van der Waals surface area contributed by atoms with Crippen LogP contribution >= 0.6 is 0 Å². The van der Waals surface area contributed by atoms with Crippen molar-refractivity contribution in [3.8, 4) is 51.2 Å². The molecule has 0 aliphatic carbocycles. The molecule has 5 nitrogen and oxygen atoms in total. The van der Waals surface area contributed by atoms with Gasteiger partial charge in [0, 0.05) is 38.7 Å². The van der Waals surface area contributed by atoms with Gasteiger partial charge in [0.15, 0.2) is 11.4 Å². The number of rotatable bonds is 4. The molecule has 0 radical (unpaired) electrons. The Bertz CT molecular complexity index is 2280. The zero-order valence-corrected chi connectivity index (χ0v) is 23.9. The maximum Gasteiger partial charge on any atom is 0.196 e. The summed E-state index contributed by atoms with van der Waals surface area (Å²) in [5, 5.41) is 21.7. The van der Waals surface area contributed by atoms with Crippen LogP contribution in [0.4, 0.5) is 11.4 Å². The Hall–Kier alpha value is -6.92. The highest BCUT2D eigenvalue weighted by Gasteiger charge is 2.19. The fourth-order valence-corrected chi connectivity index (χ4v) is 6.13. The highest BCUT2D eigenvalue weighted by atomic mass is 15.0. The van der Waals surface area contributed by atoms with E-state index >= 15 is 0 Å². The first-order valence-corrected chi connectivity index (χ1v) is 14.2. The van der Waals surface area contributed by atoms with Crippen molar-refractivity contribution in [2.24, 2.45) is 0 Å². The first-order chi connectivity index (χ1) is 22.1. The number of nitriles is 2. The van der Waals surface area contributed by atoms with Crippen LogP contribution in [-0.2, 0) is 0 Å². The lowest BCUT2D eigenvalue weighted by atomic mass is 9.95. The third-order valence-electron chi connectivity index (χ3n) is 8.12. The number of fused-ring (bicyclic) bond motifs is 3. The minimum Gasteiger partial charge on any atom is -0.309 e. The number of hydrogen-bond acceptors (Lipinski definition) is 2. The molecule has 0 atom stereocenters. The number of benzene rings is 6. The van der Waals surface area contributed by atoms with Gasteiger partial charge in [0.2, 0.25) is 0 Å². The summed E-state index contributed by atoms with van der Waals surface area (Å²) in [5.74, 6) is 0. The second-order valence-corrected chi connectivity index (χ2v) is 10.6. The summed E-state index contributed by atoms with van der Waals surface area (Å²) < 4.78 is 2.21. The predicted octanol–water partition coefficient (Wildman–Crippen LogP) is 10.6. The second-order valence-electron chi connectivity index (χ2n) is 10.6. The normalized spacial score (nSPS) is 10.6. The van der Waals surface area contributed by atoms with E-state index in [1.54, 1.807) is 36.4 Å². The fraction of sp³-hybridized carbons (Fsp3) is 0. The van der Waals surface area contributed by atoms with E-state index in [1.165, 1.54) is 0 Å². The molecule has 0 saturated heterocycles. The summed E-state index contributed by atoms with van der Waals surface area (Å²) in [5.41, 5.74) is 9.54. The molecule has 45 heavy (non-hydrogen) atoms. The lowest BCUT2D eigenvalue weighted by Gasteiger charge is -2.12. The van der Waals surface area contributed by atoms with E-state index in [9.17, 15) is 10.5 Å². The predicted molar refractivity (Wildman–Crippen MR) is 179 cm³/mol. The Labute approximate surface area is 260 Å². The van der Waals surface area contributed by atoms with Gasteiger partial charge in [-0.3, -0.25) is 0 Å². The molecule has 0 unspecified atom stereocenters. The topological polar surface area (TPSA) is 61.2 Å². The Morgan fingerprint density at radius 1 is 0.489 bits per heavy atom. The SMILES string of the molecule is [C-]#[N+]c1cccc(C#N)c1-c1ccc2c(c1)c1cc(-c3c(C#N)cccc3[N+]#[C-])ccc1n2-c1cccc(-c2ccccc2)c1. The van der Waals surface area contributed by atoms with Gasteiger partial charge in [0.25, 0.3) is 0 Å². The Kier molecular flexibility index (Phi) is 6.62. The van der Waals surface area contributed by atoms with Crippen molar-refractivity contribution in [3.05, 3.63) is 161 Å². The van der Waals surface area contributed by atoms with Gasteiger partial charge in [0.1, 0.15) is 0 Å². The molecule has 0 N–H and O–H groups in total. The molecule has 1 heterocycles. The molecular formula is C40H21N5. The molecule has 0 aliphatic rings. The average Bonchev–Trinajstić information content (AvgIpc) is 3.44. The van der Waals surface area contributed by atoms with Crippen molar-refractivity contribution < 1.29 is 0 Å². The monoisotopic (exact) mass is 571 g/mol. The van der Waals surface area contributed by atoms with E-state index < -0.39 is 0 Å². The summed E-state index contributed by atoms with van der Waals surface area (Å²) in [4.78, 5) is 7.43. The molecule has 1 aromatic heterocycles. The summed E-state index contributed by atoms with van der Waals surface area (Å²) in [7, 11) is 0. The zero-order chi connectivity index (χ0) is 30.9. The molecule has 6 aromatic carbocycles. The largest absolute Gasteiger partial charge is 0.309 e. The first kappa shape index (κ1) is 26.9. The Balaban J connectivity index is 1.55. The first-order valence-electron chi connectivity index (χ1n) is 14.2. The maximum atomic E-state index is 9.91. The second kappa shape index (κ2) is 11.1. The molecule has 0 amide bonds. The molecule has 0 bridgehead atoms. The van der Waals surface area contributed by atoms with Gasteiger partial charge in [-0.1, -0.05) is 78.9 Å².